The standard InChI is InChI=1S/C19H34BNO3/c1-5-6-9-18(22)21-12-7-8-17(21)20-23-16-13-15(14(2)3)10-11-19(16,4)24-20/h14-17H,5-13H2,1-4H3/t15-,16+,17-,19-/m0/s1. The van der Waals surface area contributed by atoms with E-state index in [1.165, 1.54) is 6.42 Å². The number of carbonyl (C=O) groups is 1. The number of hydrogen-bond acceptors (Lipinski definition) is 3. The van der Waals surface area contributed by atoms with E-state index in [-0.39, 0.29) is 30.7 Å². The summed E-state index contributed by atoms with van der Waals surface area (Å²) in [5.41, 5.74) is -0.156. The Bertz CT molecular complexity index is 458. The van der Waals surface area contributed by atoms with Gasteiger partial charge >= 0.3 is 7.12 Å². The van der Waals surface area contributed by atoms with Gasteiger partial charge in [0.2, 0.25) is 5.91 Å². The third-order valence-corrected chi connectivity index (χ3v) is 6.51. The largest absolute Gasteiger partial charge is 0.481 e. The molecule has 0 aromatic heterocycles. The monoisotopic (exact) mass is 335 g/mol. The van der Waals surface area contributed by atoms with Gasteiger partial charge in [-0.25, -0.2) is 0 Å². The summed E-state index contributed by atoms with van der Waals surface area (Å²) >= 11 is 0. The van der Waals surface area contributed by atoms with Crippen LogP contribution < -0.4 is 0 Å². The van der Waals surface area contributed by atoms with Gasteiger partial charge < -0.3 is 14.2 Å². The first-order valence-corrected chi connectivity index (χ1v) is 10.1. The van der Waals surface area contributed by atoms with Crippen LogP contribution in [0.2, 0.25) is 0 Å². The smallest absolute Gasteiger partial charge is 0.404 e. The number of nitrogens with zero attached hydrogens (tertiary/aromatic N) is 1. The first-order chi connectivity index (χ1) is 11.4. The van der Waals surface area contributed by atoms with Crippen molar-refractivity contribution in [3.8, 4) is 0 Å². The highest BCUT2D eigenvalue weighted by Gasteiger charge is 2.55. The number of amides is 1. The normalized spacial score (nSPS) is 36.5. The number of fused-ring (bicyclic) bond motifs is 1. The van der Waals surface area contributed by atoms with E-state index in [1.807, 2.05) is 4.90 Å². The Morgan fingerprint density at radius 2 is 2.17 bits per heavy atom. The minimum absolute atomic E-state index is 0.120. The summed E-state index contributed by atoms with van der Waals surface area (Å²) < 4.78 is 12.8. The van der Waals surface area contributed by atoms with Crippen molar-refractivity contribution >= 4 is 13.0 Å². The summed E-state index contributed by atoms with van der Waals surface area (Å²) in [7, 11) is -0.223. The Hall–Kier alpha value is -0.545. The first kappa shape index (κ1) is 18.3. The molecule has 0 spiro atoms. The lowest BCUT2D eigenvalue weighted by molar-refractivity contribution is -0.131. The maximum atomic E-state index is 12.5. The van der Waals surface area contributed by atoms with E-state index in [4.69, 9.17) is 9.31 Å². The molecule has 3 aliphatic rings. The molecule has 0 aromatic rings. The second kappa shape index (κ2) is 7.37. The Balaban J connectivity index is 1.64. The Morgan fingerprint density at radius 3 is 2.88 bits per heavy atom. The fraction of sp³-hybridized carbons (Fsp3) is 0.947. The van der Waals surface area contributed by atoms with Crippen molar-refractivity contribution in [2.24, 2.45) is 11.8 Å². The van der Waals surface area contributed by atoms with E-state index < -0.39 is 0 Å². The van der Waals surface area contributed by atoms with Crippen LogP contribution >= 0.6 is 0 Å². The Morgan fingerprint density at radius 1 is 1.38 bits per heavy atom. The van der Waals surface area contributed by atoms with Crippen molar-refractivity contribution in [1.29, 1.82) is 0 Å². The fourth-order valence-corrected chi connectivity index (χ4v) is 4.70. The van der Waals surface area contributed by atoms with Gasteiger partial charge in [-0.15, -0.1) is 0 Å². The van der Waals surface area contributed by atoms with Gasteiger partial charge in [0.25, 0.3) is 0 Å². The molecule has 136 valence electrons. The number of carbonyl (C=O) groups excluding carboxylic acids is 1. The van der Waals surface area contributed by atoms with Crippen molar-refractivity contribution in [3.05, 3.63) is 0 Å². The van der Waals surface area contributed by atoms with E-state index in [9.17, 15) is 4.79 Å². The number of hydrogen-bond donors (Lipinski definition) is 0. The van der Waals surface area contributed by atoms with Crippen LogP contribution in [0, 0.1) is 11.8 Å². The molecule has 1 saturated carbocycles. The molecule has 2 heterocycles. The minimum Gasteiger partial charge on any atom is -0.404 e. The van der Waals surface area contributed by atoms with Crippen LogP contribution in [0.1, 0.15) is 79.1 Å². The van der Waals surface area contributed by atoms with Gasteiger partial charge in [-0.1, -0.05) is 27.2 Å². The molecule has 0 N–H and O–H groups in total. The van der Waals surface area contributed by atoms with Gasteiger partial charge in [0.15, 0.2) is 0 Å². The predicted molar refractivity (Wildman–Crippen MR) is 96.6 cm³/mol. The van der Waals surface area contributed by atoms with Gasteiger partial charge in [0, 0.05) is 13.0 Å². The quantitative estimate of drug-likeness (QED) is 0.717. The molecule has 5 heteroatoms. The zero-order valence-electron chi connectivity index (χ0n) is 15.9. The van der Waals surface area contributed by atoms with Gasteiger partial charge in [-0.05, 0) is 57.3 Å². The second-order valence-corrected chi connectivity index (χ2v) is 8.60. The summed E-state index contributed by atoms with van der Waals surface area (Å²) in [5, 5.41) is 0. The molecule has 1 amide bonds. The SMILES string of the molecule is CCCCC(=O)N1CCC[C@H]1B1O[C@@H]2C[C@@H](C(C)C)CC[C@]2(C)O1. The van der Waals surface area contributed by atoms with Crippen LogP contribution in [0.15, 0.2) is 0 Å². The molecule has 0 aromatic carbocycles. The van der Waals surface area contributed by atoms with Crippen molar-refractivity contribution < 1.29 is 14.1 Å². The molecule has 0 unspecified atom stereocenters. The van der Waals surface area contributed by atoms with E-state index in [0.29, 0.717) is 12.3 Å². The zero-order chi connectivity index (χ0) is 17.3. The van der Waals surface area contributed by atoms with Crippen LogP contribution in [-0.2, 0) is 14.1 Å². The van der Waals surface area contributed by atoms with Crippen LogP contribution in [-0.4, -0.2) is 42.1 Å². The minimum atomic E-state index is -0.223. The van der Waals surface area contributed by atoms with Crippen LogP contribution in [0.4, 0.5) is 0 Å². The highest BCUT2D eigenvalue weighted by Crippen LogP contribution is 2.45. The zero-order valence-corrected chi connectivity index (χ0v) is 15.9. The topological polar surface area (TPSA) is 38.8 Å². The van der Waals surface area contributed by atoms with Gasteiger partial charge in [0.05, 0.1) is 17.6 Å². The molecule has 4 atom stereocenters. The van der Waals surface area contributed by atoms with Crippen LogP contribution in [0.25, 0.3) is 0 Å². The van der Waals surface area contributed by atoms with Gasteiger partial charge in [0.1, 0.15) is 0 Å². The van der Waals surface area contributed by atoms with Crippen molar-refractivity contribution in [2.45, 2.75) is 96.7 Å². The lowest BCUT2D eigenvalue weighted by Crippen LogP contribution is -2.47. The number of likely N-dealkylation sites (tertiary alicyclic amines) is 1. The highest BCUT2D eigenvalue weighted by molar-refractivity contribution is 6.47. The van der Waals surface area contributed by atoms with E-state index in [0.717, 1.165) is 51.0 Å². The summed E-state index contributed by atoms with van der Waals surface area (Å²) in [6, 6.07) is 0. The van der Waals surface area contributed by atoms with E-state index in [1.54, 1.807) is 0 Å². The Labute approximate surface area is 147 Å². The molecule has 4 nitrogen and oxygen atoms in total. The Kier molecular flexibility index (Phi) is 5.60. The summed E-state index contributed by atoms with van der Waals surface area (Å²) in [4.78, 5) is 14.6. The van der Waals surface area contributed by atoms with Gasteiger partial charge in [-0.3, -0.25) is 4.79 Å². The molecule has 1 aliphatic carbocycles. The maximum Gasteiger partial charge on any atom is 0.481 e. The molecular formula is C19H34BNO3. The van der Waals surface area contributed by atoms with E-state index >= 15 is 0 Å². The molecule has 3 fully saturated rings. The highest BCUT2D eigenvalue weighted by atomic mass is 16.7. The average Bonchev–Trinajstić information content (AvgIpc) is 3.15. The lowest BCUT2D eigenvalue weighted by atomic mass is 9.73. The summed E-state index contributed by atoms with van der Waals surface area (Å²) in [5.74, 6) is 1.84. The van der Waals surface area contributed by atoms with Crippen molar-refractivity contribution in [3.63, 3.8) is 0 Å². The summed E-state index contributed by atoms with van der Waals surface area (Å²) in [6.45, 7) is 9.84. The van der Waals surface area contributed by atoms with Crippen molar-refractivity contribution in [2.75, 3.05) is 6.54 Å². The molecule has 2 aliphatic heterocycles. The predicted octanol–water partition coefficient (Wildman–Crippen LogP) is 3.83. The van der Waals surface area contributed by atoms with Gasteiger partial charge in [-0.2, -0.15) is 0 Å². The van der Waals surface area contributed by atoms with Crippen molar-refractivity contribution in [1.82, 2.24) is 4.90 Å². The molecular weight excluding hydrogens is 301 g/mol. The molecule has 2 saturated heterocycles. The second-order valence-electron chi connectivity index (χ2n) is 8.60. The van der Waals surface area contributed by atoms with Crippen LogP contribution in [0.3, 0.4) is 0 Å². The first-order valence-electron chi connectivity index (χ1n) is 10.1. The molecule has 0 radical (unpaired) electrons. The molecule has 0 bridgehead atoms. The molecule has 24 heavy (non-hydrogen) atoms. The van der Waals surface area contributed by atoms with E-state index in [2.05, 4.69) is 27.7 Å². The lowest BCUT2D eigenvalue weighted by Gasteiger charge is -2.39. The van der Waals surface area contributed by atoms with Crippen LogP contribution in [0.5, 0.6) is 0 Å². The maximum absolute atomic E-state index is 12.5. The fourth-order valence-electron chi connectivity index (χ4n) is 4.70. The number of rotatable bonds is 5. The molecule has 3 rings (SSSR count). The number of unbranched alkanes of at least 4 members (excludes halogenated alkanes) is 1. The average molecular weight is 335 g/mol. The third-order valence-electron chi connectivity index (χ3n) is 6.51. The summed E-state index contributed by atoms with van der Waals surface area (Å²) in [6.07, 6.45) is 8.38. The third kappa shape index (κ3) is 3.53.